The summed E-state index contributed by atoms with van der Waals surface area (Å²) in [7, 11) is 0. The standard InChI is InChI=1S/C9H14N4.C2H6/c1-5-10-13-9-8(4)11-6(2)7(3)12-9;1-2/h5H2,1-4H3;1-2H3. The van der Waals surface area contributed by atoms with Crippen molar-refractivity contribution in [2.75, 3.05) is 6.54 Å². The van der Waals surface area contributed by atoms with E-state index in [2.05, 4.69) is 20.2 Å². The van der Waals surface area contributed by atoms with Gasteiger partial charge in [0.1, 0.15) is 0 Å². The van der Waals surface area contributed by atoms with Crippen molar-refractivity contribution in [2.45, 2.75) is 41.5 Å². The molecular formula is C11H20N4. The van der Waals surface area contributed by atoms with Gasteiger partial charge in [0.25, 0.3) is 0 Å². The highest BCUT2D eigenvalue weighted by atomic mass is 15.2. The van der Waals surface area contributed by atoms with Gasteiger partial charge in [-0.1, -0.05) is 13.8 Å². The van der Waals surface area contributed by atoms with Crippen molar-refractivity contribution in [2.24, 2.45) is 10.2 Å². The maximum atomic E-state index is 4.31. The normalized spacial score (nSPS) is 10.0. The number of azo groups is 1. The number of aryl methyl sites for hydroxylation is 3. The molecule has 4 heteroatoms. The van der Waals surface area contributed by atoms with Gasteiger partial charge in [-0.3, -0.25) is 4.98 Å². The molecule has 0 saturated carbocycles. The summed E-state index contributed by atoms with van der Waals surface area (Å²) in [5.41, 5.74) is 2.70. The lowest BCUT2D eigenvalue weighted by molar-refractivity contribution is 0.937. The van der Waals surface area contributed by atoms with Crippen LogP contribution in [0.4, 0.5) is 5.82 Å². The highest BCUT2D eigenvalue weighted by Gasteiger charge is 2.03. The van der Waals surface area contributed by atoms with E-state index in [9.17, 15) is 0 Å². The van der Waals surface area contributed by atoms with Crippen LogP contribution in [0.1, 0.15) is 37.9 Å². The molecule has 0 unspecified atom stereocenters. The minimum absolute atomic E-state index is 0.630. The molecule has 0 saturated heterocycles. The Kier molecular flexibility index (Phi) is 6.42. The van der Waals surface area contributed by atoms with Crippen molar-refractivity contribution in [3.8, 4) is 0 Å². The Bertz CT molecular complexity index is 332. The summed E-state index contributed by atoms with van der Waals surface area (Å²) in [6, 6.07) is 0. The maximum absolute atomic E-state index is 4.31. The molecule has 0 aromatic carbocycles. The first-order valence-corrected chi connectivity index (χ1v) is 5.34. The predicted octanol–water partition coefficient (Wildman–Crippen LogP) is 3.53. The summed E-state index contributed by atoms with van der Waals surface area (Å²) in [6.07, 6.45) is 0. The van der Waals surface area contributed by atoms with Crippen LogP contribution in [0.5, 0.6) is 0 Å². The Labute approximate surface area is 91.9 Å². The van der Waals surface area contributed by atoms with Gasteiger partial charge in [0.05, 0.1) is 23.6 Å². The van der Waals surface area contributed by atoms with Crippen LogP contribution >= 0.6 is 0 Å². The van der Waals surface area contributed by atoms with E-state index in [0.717, 1.165) is 17.1 Å². The number of rotatable bonds is 2. The van der Waals surface area contributed by atoms with Gasteiger partial charge < -0.3 is 0 Å². The predicted molar refractivity (Wildman–Crippen MR) is 62.6 cm³/mol. The Morgan fingerprint density at radius 1 is 0.933 bits per heavy atom. The minimum Gasteiger partial charge on any atom is -0.253 e. The molecule has 0 atom stereocenters. The van der Waals surface area contributed by atoms with E-state index in [1.165, 1.54) is 0 Å². The van der Waals surface area contributed by atoms with Gasteiger partial charge in [-0.05, 0) is 27.7 Å². The number of nitrogens with zero attached hydrogens (tertiary/aromatic N) is 4. The molecular weight excluding hydrogens is 188 g/mol. The first kappa shape index (κ1) is 13.7. The third-order valence-electron chi connectivity index (χ3n) is 1.76. The zero-order chi connectivity index (χ0) is 11.8. The zero-order valence-corrected chi connectivity index (χ0v) is 10.5. The topological polar surface area (TPSA) is 50.5 Å². The van der Waals surface area contributed by atoms with E-state index in [-0.39, 0.29) is 0 Å². The molecule has 0 amide bonds. The van der Waals surface area contributed by atoms with Gasteiger partial charge in [-0.15, -0.1) is 5.11 Å². The van der Waals surface area contributed by atoms with Crippen molar-refractivity contribution in [1.29, 1.82) is 0 Å². The van der Waals surface area contributed by atoms with E-state index in [1.54, 1.807) is 0 Å². The molecule has 1 rings (SSSR count). The highest BCUT2D eigenvalue weighted by Crippen LogP contribution is 2.15. The molecule has 0 aliphatic carbocycles. The van der Waals surface area contributed by atoms with Gasteiger partial charge >= 0.3 is 0 Å². The monoisotopic (exact) mass is 208 g/mol. The molecule has 0 radical (unpaired) electrons. The van der Waals surface area contributed by atoms with Gasteiger partial charge in [0.15, 0.2) is 5.82 Å². The average molecular weight is 208 g/mol. The third-order valence-corrected chi connectivity index (χ3v) is 1.76. The first-order valence-electron chi connectivity index (χ1n) is 5.34. The number of aromatic nitrogens is 2. The van der Waals surface area contributed by atoms with Crippen molar-refractivity contribution in [1.82, 2.24) is 9.97 Å². The molecule has 84 valence electrons. The molecule has 0 aliphatic heterocycles. The van der Waals surface area contributed by atoms with Crippen LogP contribution in [0.25, 0.3) is 0 Å². The summed E-state index contributed by atoms with van der Waals surface area (Å²) < 4.78 is 0. The molecule has 0 N–H and O–H groups in total. The lowest BCUT2D eigenvalue weighted by Crippen LogP contribution is -1.94. The van der Waals surface area contributed by atoms with Crippen molar-refractivity contribution < 1.29 is 0 Å². The second-order valence-corrected chi connectivity index (χ2v) is 2.86. The summed E-state index contributed by atoms with van der Waals surface area (Å²) in [6.45, 7) is 12.4. The Balaban J connectivity index is 0.000000921. The smallest absolute Gasteiger partial charge is 0.195 e. The molecule has 0 spiro atoms. The van der Waals surface area contributed by atoms with Gasteiger partial charge in [0, 0.05) is 0 Å². The van der Waals surface area contributed by atoms with E-state index in [0.29, 0.717) is 12.4 Å². The molecule has 4 nitrogen and oxygen atoms in total. The summed E-state index contributed by atoms with van der Waals surface area (Å²) >= 11 is 0. The van der Waals surface area contributed by atoms with Crippen LogP contribution in [0, 0.1) is 20.8 Å². The fourth-order valence-corrected chi connectivity index (χ4v) is 0.936. The lowest BCUT2D eigenvalue weighted by atomic mass is 10.3. The first-order chi connectivity index (χ1) is 7.15. The molecule has 0 aliphatic rings. The number of hydrogen-bond donors (Lipinski definition) is 0. The van der Waals surface area contributed by atoms with E-state index >= 15 is 0 Å². The van der Waals surface area contributed by atoms with Gasteiger partial charge in [0.2, 0.25) is 0 Å². The second-order valence-electron chi connectivity index (χ2n) is 2.86. The second kappa shape index (κ2) is 7.04. The zero-order valence-electron chi connectivity index (χ0n) is 10.5. The minimum atomic E-state index is 0.630. The molecule has 15 heavy (non-hydrogen) atoms. The van der Waals surface area contributed by atoms with Gasteiger partial charge in [-0.2, -0.15) is 5.11 Å². The fourth-order valence-electron chi connectivity index (χ4n) is 0.936. The largest absolute Gasteiger partial charge is 0.253 e. The van der Waals surface area contributed by atoms with Crippen LogP contribution in [0.3, 0.4) is 0 Å². The maximum Gasteiger partial charge on any atom is 0.195 e. The van der Waals surface area contributed by atoms with Crippen molar-refractivity contribution >= 4 is 5.82 Å². The Morgan fingerprint density at radius 3 is 2.00 bits per heavy atom. The van der Waals surface area contributed by atoms with E-state index in [1.807, 2.05) is 41.5 Å². The molecule has 0 bridgehead atoms. The van der Waals surface area contributed by atoms with E-state index in [4.69, 9.17) is 0 Å². The SMILES string of the molecule is CC.CCN=Nc1nc(C)c(C)nc1C. The Hall–Kier alpha value is -1.32. The highest BCUT2D eigenvalue weighted by molar-refractivity contribution is 5.33. The Morgan fingerprint density at radius 2 is 1.47 bits per heavy atom. The molecule has 1 aromatic rings. The third kappa shape index (κ3) is 4.14. The molecule has 1 aromatic heterocycles. The average Bonchev–Trinajstić information content (AvgIpc) is 2.24. The van der Waals surface area contributed by atoms with Crippen molar-refractivity contribution in [3.63, 3.8) is 0 Å². The van der Waals surface area contributed by atoms with Crippen LogP contribution in [-0.4, -0.2) is 16.5 Å². The van der Waals surface area contributed by atoms with Crippen LogP contribution in [-0.2, 0) is 0 Å². The van der Waals surface area contributed by atoms with Crippen molar-refractivity contribution in [3.05, 3.63) is 17.1 Å². The van der Waals surface area contributed by atoms with Gasteiger partial charge in [-0.25, -0.2) is 4.98 Å². The molecule has 0 fully saturated rings. The van der Waals surface area contributed by atoms with Crippen LogP contribution in [0.15, 0.2) is 10.2 Å². The molecule has 1 heterocycles. The quantitative estimate of drug-likeness (QED) is 0.698. The summed E-state index contributed by atoms with van der Waals surface area (Å²) in [5.74, 6) is 0.630. The van der Waals surface area contributed by atoms with Crippen LogP contribution in [0.2, 0.25) is 0 Å². The fraction of sp³-hybridized carbons (Fsp3) is 0.636. The summed E-state index contributed by atoms with van der Waals surface area (Å²) in [4.78, 5) is 8.60. The number of hydrogen-bond acceptors (Lipinski definition) is 4. The summed E-state index contributed by atoms with van der Waals surface area (Å²) in [5, 5.41) is 7.87. The van der Waals surface area contributed by atoms with Crippen LogP contribution < -0.4 is 0 Å². The lowest BCUT2D eigenvalue weighted by Gasteiger charge is -2.01. The van der Waals surface area contributed by atoms with E-state index < -0.39 is 0 Å².